The number of ether oxygens (including phenoxy) is 3. The first-order chi connectivity index (χ1) is 12.9. The summed E-state index contributed by atoms with van der Waals surface area (Å²) < 4.78 is 19.2. The molecule has 142 valence electrons. The molecule has 1 N–H and O–H groups in total. The lowest BCUT2D eigenvalue weighted by Crippen LogP contribution is -2.22. The van der Waals surface area contributed by atoms with Crippen molar-refractivity contribution in [2.75, 3.05) is 26.1 Å². The molecule has 1 aromatic carbocycles. The van der Waals surface area contributed by atoms with E-state index in [0.717, 1.165) is 0 Å². The predicted octanol–water partition coefficient (Wildman–Crippen LogP) is 1.96. The molecule has 1 amide bonds. The molecule has 0 fully saturated rings. The average Bonchev–Trinajstić information content (AvgIpc) is 3.10. The molecule has 1 heterocycles. The number of hydrogen-bond acceptors (Lipinski definition) is 8. The molecule has 27 heavy (non-hydrogen) atoms. The molecule has 0 atom stereocenters. The highest BCUT2D eigenvalue weighted by molar-refractivity contribution is 6.04. The maximum absolute atomic E-state index is 12.1. The van der Waals surface area contributed by atoms with E-state index in [4.69, 9.17) is 9.15 Å². The number of nitrogens with one attached hydrogen (secondary N) is 1. The van der Waals surface area contributed by atoms with E-state index in [1.165, 1.54) is 44.7 Å². The number of aryl methyl sites for hydroxylation is 1. The maximum atomic E-state index is 12.1. The molecule has 9 heteroatoms. The van der Waals surface area contributed by atoms with Crippen LogP contribution in [0.3, 0.4) is 0 Å². The van der Waals surface area contributed by atoms with E-state index in [9.17, 15) is 19.2 Å². The van der Waals surface area contributed by atoms with Crippen LogP contribution in [0.25, 0.3) is 0 Å². The van der Waals surface area contributed by atoms with Crippen LogP contribution in [-0.4, -0.2) is 44.6 Å². The number of carbonyl (C=O) groups is 4. The van der Waals surface area contributed by atoms with Gasteiger partial charge in [0.05, 0.1) is 37.3 Å². The first-order valence-electron chi connectivity index (χ1n) is 7.69. The summed E-state index contributed by atoms with van der Waals surface area (Å²) in [6.07, 6.45) is 1.33. The highest BCUT2D eigenvalue weighted by Crippen LogP contribution is 2.20. The molecule has 1 aromatic heterocycles. The maximum Gasteiger partial charge on any atom is 0.342 e. The van der Waals surface area contributed by atoms with Gasteiger partial charge in [-0.25, -0.2) is 14.4 Å². The van der Waals surface area contributed by atoms with Crippen molar-refractivity contribution in [1.29, 1.82) is 0 Å². The highest BCUT2D eigenvalue weighted by Gasteiger charge is 2.19. The first-order valence-corrected chi connectivity index (χ1v) is 7.69. The van der Waals surface area contributed by atoms with Gasteiger partial charge in [-0.2, -0.15) is 0 Å². The summed E-state index contributed by atoms with van der Waals surface area (Å²) in [5, 5.41) is 2.41. The van der Waals surface area contributed by atoms with E-state index in [0.29, 0.717) is 5.76 Å². The van der Waals surface area contributed by atoms with Crippen LogP contribution in [0.15, 0.2) is 34.9 Å². The quantitative estimate of drug-likeness (QED) is 0.601. The van der Waals surface area contributed by atoms with Gasteiger partial charge in [-0.15, -0.1) is 0 Å². The van der Waals surface area contributed by atoms with Crippen molar-refractivity contribution in [3.8, 4) is 0 Å². The lowest BCUT2D eigenvalue weighted by atomic mass is 10.1. The molecule has 0 saturated heterocycles. The molecule has 0 saturated carbocycles. The lowest BCUT2D eigenvalue weighted by molar-refractivity contribution is -0.119. The number of esters is 3. The van der Waals surface area contributed by atoms with Crippen LogP contribution in [0, 0.1) is 6.92 Å². The van der Waals surface area contributed by atoms with Crippen LogP contribution in [0.2, 0.25) is 0 Å². The molecule has 9 nitrogen and oxygen atoms in total. The molecule has 0 aliphatic heterocycles. The van der Waals surface area contributed by atoms with Crippen molar-refractivity contribution < 1.29 is 37.8 Å². The second-order valence-electron chi connectivity index (χ2n) is 5.26. The van der Waals surface area contributed by atoms with Crippen molar-refractivity contribution in [1.82, 2.24) is 0 Å². The van der Waals surface area contributed by atoms with E-state index >= 15 is 0 Å². The fourth-order valence-corrected chi connectivity index (χ4v) is 2.17. The Balaban J connectivity index is 2.12. The number of anilines is 1. The van der Waals surface area contributed by atoms with Gasteiger partial charge >= 0.3 is 17.9 Å². The Bertz CT molecular complexity index is 883. The number of furan rings is 1. The van der Waals surface area contributed by atoms with Crippen molar-refractivity contribution in [3.63, 3.8) is 0 Å². The molecule has 0 bridgehead atoms. The van der Waals surface area contributed by atoms with E-state index < -0.39 is 30.4 Å². The lowest BCUT2D eigenvalue weighted by Gasteiger charge is -2.11. The Hall–Kier alpha value is -3.62. The average molecular weight is 375 g/mol. The van der Waals surface area contributed by atoms with Gasteiger partial charge < -0.3 is 23.9 Å². The van der Waals surface area contributed by atoms with E-state index in [1.807, 2.05) is 0 Å². The van der Waals surface area contributed by atoms with Gasteiger partial charge in [-0.3, -0.25) is 4.79 Å². The second kappa shape index (κ2) is 8.65. The van der Waals surface area contributed by atoms with Crippen LogP contribution in [0.5, 0.6) is 0 Å². The highest BCUT2D eigenvalue weighted by atomic mass is 16.5. The minimum absolute atomic E-state index is 0.0188. The van der Waals surface area contributed by atoms with Crippen molar-refractivity contribution >= 4 is 29.5 Å². The number of hydrogen-bond donors (Lipinski definition) is 1. The first kappa shape index (κ1) is 19.7. The SMILES string of the molecule is COC(=O)c1ccc(C(=O)OC)c(NC(=O)COC(=O)c2ccoc2C)c1. The Morgan fingerprint density at radius 1 is 0.963 bits per heavy atom. The van der Waals surface area contributed by atoms with Crippen LogP contribution in [0.1, 0.15) is 36.8 Å². The van der Waals surface area contributed by atoms with Crippen LogP contribution in [0.4, 0.5) is 5.69 Å². The van der Waals surface area contributed by atoms with Crippen molar-refractivity contribution in [2.24, 2.45) is 0 Å². The monoisotopic (exact) mass is 375 g/mol. The third kappa shape index (κ3) is 4.72. The molecular weight excluding hydrogens is 358 g/mol. The van der Waals surface area contributed by atoms with Crippen LogP contribution in [-0.2, 0) is 19.0 Å². The van der Waals surface area contributed by atoms with E-state index in [-0.39, 0.29) is 22.4 Å². The summed E-state index contributed by atoms with van der Waals surface area (Å²) in [7, 11) is 2.38. The van der Waals surface area contributed by atoms with Crippen molar-refractivity contribution in [2.45, 2.75) is 6.92 Å². The van der Waals surface area contributed by atoms with Gasteiger partial charge in [0.25, 0.3) is 5.91 Å². The fourth-order valence-electron chi connectivity index (χ4n) is 2.17. The summed E-state index contributed by atoms with van der Waals surface area (Å²) in [6.45, 7) is 0.976. The van der Waals surface area contributed by atoms with Gasteiger partial charge in [0.15, 0.2) is 6.61 Å². The van der Waals surface area contributed by atoms with Gasteiger partial charge in [0, 0.05) is 0 Å². The Kier molecular flexibility index (Phi) is 6.32. The third-order valence-corrected chi connectivity index (χ3v) is 3.53. The zero-order chi connectivity index (χ0) is 20.0. The predicted molar refractivity (Wildman–Crippen MR) is 91.5 cm³/mol. The van der Waals surface area contributed by atoms with E-state index in [1.54, 1.807) is 6.92 Å². The second-order valence-corrected chi connectivity index (χ2v) is 5.26. The number of amides is 1. The molecule has 0 spiro atoms. The molecule has 0 unspecified atom stereocenters. The van der Waals surface area contributed by atoms with Crippen molar-refractivity contribution in [3.05, 3.63) is 53.0 Å². The third-order valence-electron chi connectivity index (χ3n) is 3.53. The number of benzene rings is 1. The summed E-state index contributed by atoms with van der Waals surface area (Å²) in [4.78, 5) is 47.5. The zero-order valence-electron chi connectivity index (χ0n) is 14.9. The topological polar surface area (TPSA) is 121 Å². The van der Waals surface area contributed by atoms with Gasteiger partial charge in [0.1, 0.15) is 11.3 Å². The number of rotatable bonds is 6. The standard InChI is InChI=1S/C18H17NO8/c1-10-12(6-7-26-10)18(23)27-9-15(20)19-14-8-11(16(21)24-2)4-5-13(14)17(22)25-3/h4-8H,9H2,1-3H3,(H,19,20). The molecule has 2 aromatic rings. The molecular formula is C18H17NO8. The van der Waals surface area contributed by atoms with Gasteiger partial charge in [-0.05, 0) is 31.2 Å². The summed E-state index contributed by atoms with van der Waals surface area (Å²) in [5.41, 5.74) is 0.359. The Labute approximate surface area is 154 Å². The van der Waals surface area contributed by atoms with Crippen LogP contribution < -0.4 is 5.32 Å². The molecule has 0 radical (unpaired) electrons. The minimum atomic E-state index is -0.729. The summed E-state index contributed by atoms with van der Waals surface area (Å²) in [6, 6.07) is 5.35. The van der Waals surface area contributed by atoms with Crippen LogP contribution >= 0.6 is 0 Å². The summed E-state index contributed by atoms with van der Waals surface area (Å²) >= 11 is 0. The zero-order valence-corrected chi connectivity index (χ0v) is 14.9. The van der Waals surface area contributed by atoms with Gasteiger partial charge in [0.2, 0.25) is 0 Å². The Morgan fingerprint density at radius 2 is 1.67 bits per heavy atom. The normalized spacial score (nSPS) is 10.0. The fraction of sp³-hybridized carbons (Fsp3) is 0.222. The Morgan fingerprint density at radius 3 is 2.26 bits per heavy atom. The molecule has 0 aliphatic rings. The molecule has 2 rings (SSSR count). The minimum Gasteiger partial charge on any atom is -0.469 e. The largest absolute Gasteiger partial charge is 0.469 e. The smallest absolute Gasteiger partial charge is 0.342 e. The molecule has 0 aliphatic carbocycles. The van der Waals surface area contributed by atoms with Gasteiger partial charge in [-0.1, -0.05) is 0 Å². The summed E-state index contributed by atoms with van der Waals surface area (Å²) in [5.74, 6) is -2.44. The number of methoxy groups -OCH3 is 2. The van der Waals surface area contributed by atoms with E-state index in [2.05, 4.69) is 14.8 Å². The number of carbonyl (C=O) groups excluding carboxylic acids is 4.